The van der Waals surface area contributed by atoms with E-state index in [4.69, 9.17) is 0 Å². The minimum absolute atomic E-state index is 0.101. The molecule has 2 N–H and O–H groups in total. The first-order valence-electron chi connectivity index (χ1n) is 7.28. The molecule has 0 bridgehead atoms. The van der Waals surface area contributed by atoms with Crippen molar-refractivity contribution in [3.05, 3.63) is 15.8 Å². The van der Waals surface area contributed by atoms with Crippen molar-refractivity contribution in [2.45, 2.75) is 62.9 Å². The fraction of sp³-hybridized carbons (Fsp3) is 0.714. The summed E-state index contributed by atoms with van der Waals surface area (Å²) in [6.07, 6.45) is 6.62. The van der Waals surface area contributed by atoms with Crippen LogP contribution in [0.5, 0.6) is 0 Å². The third-order valence-electron chi connectivity index (χ3n) is 3.77. The molecule has 0 saturated heterocycles. The molecular weight excluding hydrogens is 292 g/mol. The van der Waals surface area contributed by atoms with Crippen LogP contribution in [0.4, 0.5) is 0 Å². The van der Waals surface area contributed by atoms with Crippen LogP contribution in [0, 0.1) is 6.92 Å². The predicted octanol–water partition coefficient (Wildman–Crippen LogP) is 2.78. The molecule has 1 heterocycles. The summed E-state index contributed by atoms with van der Waals surface area (Å²) in [6, 6.07) is 0.101. The van der Waals surface area contributed by atoms with Gasteiger partial charge in [0.1, 0.15) is 4.90 Å². The first kappa shape index (κ1) is 15.9. The van der Waals surface area contributed by atoms with Gasteiger partial charge in [0.15, 0.2) is 0 Å². The molecule has 20 heavy (non-hydrogen) atoms. The highest BCUT2D eigenvalue weighted by Gasteiger charge is 2.26. The van der Waals surface area contributed by atoms with Gasteiger partial charge in [0.2, 0.25) is 10.0 Å². The van der Waals surface area contributed by atoms with E-state index >= 15 is 0 Å². The molecule has 0 aromatic carbocycles. The van der Waals surface area contributed by atoms with Crippen molar-refractivity contribution < 1.29 is 8.42 Å². The van der Waals surface area contributed by atoms with E-state index in [2.05, 4.69) is 10.0 Å². The highest BCUT2D eigenvalue weighted by molar-refractivity contribution is 7.89. The fourth-order valence-corrected chi connectivity index (χ4v) is 5.93. The Balaban J connectivity index is 2.19. The number of aryl methyl sites for hydroxylation is 1. The van der Waals surface area contributed by atoms with Gasteiger partial charge in [-0.2, -0.15) is 0 Å². The zero-order chi connectivity index (χ0) is 14.6. The summed E-state index contributed by atoms with van der Waals surface area (Å²) in [5.41, 5.74) is 0.848. The van der Waals surface area contributed by atoms with Gasteiger partial charge in [0, 0.05) is 17.5 Å². The largest absolute Gasteiger partial charge is 0.315 e. The van der Waals surface area contributed by atoms with E-state index in [1.54, 1.807) is 0 Å². The number of nitrogens with one attached hydrogen (secondary N) is 2. The SMILES string of the molecule is CNCc1scc(C)c1S(=O)(=O)NC1CCCCCC1. The minimum Gasteiger partial charge on any atom is -0.315 e. The van der Waals surface area contributed by atoms with Crippen LogP contribution in [-0.4, -0.2) is 21.5 Å². The lowest BCUT2D eigenvalue weighted by Gasteiger charge is -2.17. The Bertz CT molecular complexity index is 529. The van der Waals surface area contributed by atoms with Crippen molar-refractivity contribution in [1.29, 1.82) is 0 Å². The van der Waals surface area contributed by atoms with Crippen molar-refractivity contribution in [3.63, 3.8) is 0 Å². The van der Waals surface area contributed by atoms with Crippen molar-refractivity contribution in [2.24, 2.45) is 0 Å². The second kappa shape index (κ2) is 7.02. The third-order valence-corrected chi connectivity index (χ3v) is 6.76. The van der Waals surface area contributed by atoms with Crippen LogP contribution >= 0.6 is 11.3 Å². The Labute approximate surface area is 126 Å². The summed E-state index contributed by atoms with van der Waals surface area (Å²) < 4.78 is 28.2. The standard InChI is InChI=1S/C14H24N2O2S2/c1-11-10-19-13(9-15-2)14(11)20(17,18)16-12-7-5-3-4-6-8-12/h10,12,15-16H,3-9H2,1-2H3. The second-order valence-corrected chi connectivity index (χ2v) is 8.13. The van der Waals surface area contributed by atoms with Gasteiger partial charge in [-0.25, -0.2) is 13.1 Å². The van der Waals surface area contributed by atoms with E-state index in [9.17, 15) is 8.42 Å². The Morgan fingerprint density at radius 1 is 1.25 bits per heavy atom. The summed E-state index contributed by atoms with van der Waals surface area (Å²) in [7, 11) is -1.56. The summed E-state index contributed by atoms with van der Waals surface area (Å²) in [6.45, 7) is 2.47. The Kier molecular flexibility index (Phi) is 5.60. The number of sulfonamides is 1. The maximum atomic E-state index is 12.7. The number of hydrogen-bond donors (Lipinski definition) is 2. The van der Waals surface area contributed by atoms with Crippen LogP contribution in [0.3, 0.4) is 0 Å². The molecule has 0 unspecified atom stereocenters. The van der Waals surface area contributed by atoms with Crippen LogP contribution < -0.4 is 10.0 Å². The second-order valence-electron chi connectivity index (χ2n) is 5.51. The molecule has 1 saturated carbocycles. The fourth-order valence-electron chi connectivity index (χ4n) is 2.81. The van der Waals surface area contributed by atoms with Crippen LogP contribution in [0.15, 0.2) is 10.3 Å². The van der Waals surface area contributed by atoms with E-state index in [0.717, 1.165) is 36.1 Å². The maximum Gasteiger partial charge on any atom is 0.242 e. The first-order chi connectivity index (χ1) is 9.54. The lowest BCUT2D eigenvalue weighted by atomic mass is 10.1. The molecule has 0 radical (unpaired) electrons. The molecular formula is C14H24N2O2S2. The summed E-state index contributed by atoms with van der Waals surface area (Å²) >= 11 is 1.51. The smallest absolute Gasteiger partial charge is 0.242 e. The van der Waals surface area contributed by atoms with Gasteiger partial charge in [0.05, 0.1) is 0 Å². The van der Waals surface area contributed by atoms with Gasteiger partial charge in [-0.15, -0.1) is 11.3 Å². The molecule has 1 fully saturated rings. The van der Waals surface area contributed by atoms with E-state index in [-0.39, 0.29) is 6.04 Å². The maximum absolute atomic E-state index is 12.7. The third kappa shape index (κ3) is 3.81. The van der Waals surface area contributed by atoms with Crippen LogP contribution in [0.25, 0.3) is 0 Å². The Hall–Kier alpha value is -0.430. The van der Waals surface area contributed by atoms with Crippen molar-refractivity contribution in [1.82, 2.24) is 10.0 Å². The quantitative estimate of drug-likeness (QED) is 0.821. The summed E-state index contributed by atoms with van der Waals surface area (Å²) in [5, 5.41) is 4.97. The molecule has 6 heteroatoms. The van der Waals surface area contributed by atoms with Gasteiger partial charge >= 0.3 is 0 Å². The predicted molar refractivity (Wildman–Crippen MR) is 83.6 cm³/mol. The first-order valence-corrected chi connectivity index (χ1v) is 9.65. The normalized spacial score (nSPS) is 18.1. The van der Waals surface area contributed by atoms with E-state index < -0.39 is 10.0 Å². The summed E-state index contributed by atoms with van der Waals surface area (Å²) in [4.78, 5) is 1.38. The lowest BCUT2D eigenvalue weighted by Crippen LogP contribution is -2.35. The summed E-state index contributed by atoms with van der Waals surface area (Å²) in [5.74, 6) is 0. The molecule has 1 aromatic heterocycles. The van der Waals surface area contributed by atoms with Crippen molar-refractivity contribution in [3.8, 4) is 0 Å². The molecule has 2 rings (SSSR count). The molecule has 0 aliphatic heterocycles. The van der Waals surface area contributed by atoms with Crippen LogP contribution in [0.1, 0.15) is 49.0 Å². The molecule has 1 aromatic rings. The Morgan fingerprint density at radius 2 is 1.90 bits per heavy atom. The van der Waals surface area contributed by atoms with Gasteiger partial charge in [-0.1, -0.05) is 25.7 Å². The molecule has 114 valence electrons. The molecule has 4 nitrogen and oxygen atoms in total. The van der Waals surface area contributed by atoms with E-state index in [1.165, 1.54) is 24.2 Å². The minimum atomic E-state index is -3.40. The van der Waals surface area contributed by atoms with Gasteiger partial charge in [-0.05, 0) is 37.8 Å². The number of thiophene rings is 1. The zero-order valence-electron chi connectivity index (χ0n) is 12.2. The molecule has 0 amide bonds. The lowest BCUT2D eigenvalue weighted by molar-refractivity contribution is 0.509. The zero-order valence-corrected chi connectivity index (χ0v) is 13.9. The molecule has 0 spiro atoms. The number of rotatable bonds is 5. The molecule has 1 aliphatic rings. The van der Waals surface area contributed by atoms with Gasteiger partial charge < -0.3 is 5.32 Å². The monoisotopic (exact) mass is 316 g/mol. The average Bonchev–Trinajstić information content (AvgIpc) is 2.60. The molecule has 1 aliphatic carbocycles. The van der Waals surface area contributed by atoms with Gasteiger partial charge in [0.25, 0.3) is 0 Å². The molecule has 0 atom stereocenters. The highest BCUT2D eigenvalue weighted by Crippen LogP contribution is 2.28. The number of hydrogen-bond acceptors (Lipinski definition) is 4. The average molecular weight is 316 g/mol. The highest BCUT2D eigenvalue weighted by atomic mass is 32.2. The van der Waals surface area contributed by atoms with Crippen molar-refractivity contribution >= 4 is 21.4 Å². The van der Waals surface area contributed by atoms with E-state index in [1.807, 2.05) is 19.4 Å². The van der Waals surface area contributed by atoms with Crippen LogP contribution in [0.2, 0.25) is 0 Å². The van der Waals surface area contributed by atoms with Gasteiger partial charge in [-0.3, -0.25) is 0 Å². The van der Waals surface area contributed by atoms with Crippen LogP contribution in [-0.2, 0) is 16.6 Å². The topological polar surface area (TPSA) is 58.2 Å². The Morgan fingerprint density at radius 3 is 2.50 bits per heavy atom. The van der Waals surface area contributed by atoms with E-state index in [0.29, 0.717) is 11.4 Å². The van der Waals surface area contributed by atoms with Crippen molar-refractivity contribution in [2.75, 3.05) is 7.05 Å².